The number of benzene rings is 2. The second-order valence-corrected chi connectivity index (χ2v) is 7.17. The Morgan fingerprint density at radius 1 is 1.14 bits per heavy atom. The molecular formula is C16H16FNO2S. The molecule has 1 aliphatic heterocycles. The monoisotopic (exact) mass is 305 g/mol. The van der Waals surface area contributed by atoms with Crippen LogP contribution in [-0.4, -0.2) is 14.5 Å². The van der Waals surface area contributed by atoms with Crippen LogP contribution in [0, 0.1) is 5.82 Å². The zero-order valence-corrected chi connectivity index (χ0v) is 12.5. The number of para-hydroxylation sites is 1. The molecule has 0 saturated heterocycles. The van der Waals surface area contributed by atoms with Crippen molar-refractivity contribution < 1.29 is 12.8 Å². The van der Waals surface area contributed by atoms with Crippen LogP contribution in [0.5, 0.6) is 0 Å². The van der Waals surface area contributed by atoms with E-state index in [0.717, 1.165) is 5.56 Å². The third-order valence-corrected chi connectivity index (χ3v) is 5.57. The first-order valence-electron chi connectivity index (χ1n) is 6.82. The Labute approximate surface area is 124 Å². The Balaban J connectivity index is 1.98. The zero-order valence-electron chi connectivity index (χ0n) is 11.7. The van der Waals surface area contributed by atoms with Gasteiger partial charge in [-0.25, -0.2) is 12.8 Å². The van der Waals surface area contributed by atoms with E-state index in [1.165, 1.54) is 16.4 Å². The summed E-state index contributed by atoms with van der Waals surface area (Å²) >= 11 is 0. The highest BCUT2D eigenvalue weighted by atomic mass is 32.2. The van der Waals surface area contributed by atoms with Gasteiger partial charge in [0.2, 0.25) is 10.0 Å². The predicted molar refractivity (Wildman–Crippen MR) is 81.1 cm³/mol. The molecule has 2 aromatic carbocycles. The minimum Gasteiger partial charge on any atom is -0.267 e. The Morgan fingerprint density at radius 3 is 2.57 bits per heavy atom. The lowest BCUT2D eigenvalue weighted by atomic mass is 10.1. The second kappa shape index (κ2) is 5.15. The first-order chi connectivity index (χ1) is 9.99. The average molecular weight is 305 g/mol. The molecule has 2 aromatic rings. The molecule has 0 aromatic heterocycles. The number of fused-ring (bicyclic) bond motifs is 1. The molecule has 0 unspecified atom stereocenters. The van der Waals surface area contributed by atoms with E-state index in [1.807, 2.05) is 25.1 Å². The topological polar surface area (TPSA) is 37.4 Å². The Kier molecular flexibility index (Phi) is 3.45. The van der Waals surface area contributed by atoms with Gasteiger partial charge in [0.05, 0.1) is 11.4 Å². The van der Waals surface area contributed by atoms with Crippen LogP contribution in [0.2, 0.25) is 0 Å². The third kappa shape index (κ3) is 2.53. The molecule has 0 spiro atoms. The molecule has 1 atom stereocenters. The van der Waals surface area contributed by atoms with Gasteiger partial charge in [-0.15, -0.1) is 0 Å². The molecule has 1 heterocycles. The predicted octanol–water partition coefficient (Wildman–Crippen LogP) is 3.11. The van der Waals surface area contributed by atoms with Crippen LogP contribution in [0.3, 0.4) is 0 Å². The SMILES string of the molecule is C[C@@H]1Cc2ccccc2N1S(=O)(=O)Cc1ccccc1F. The summed E-state index contributed by atoms with van der Waals surface area (Å²) in [6.45, 7) is 1.87. The van der Waals surface area contributed by atoms with Crippen LogP contribution in [0.4, 0.5) is 10.1 Å². The molecule has 1 aliphatic rings. The highest BCUT2D eigenvalue weighted by molar-refractivity contribution is 7.92. The summed E-state index contributed by atoms with van der Waals surface area (Å²) in [7, 11) is -3.60. The van der Waals surface area contributed by atoms with Gasteiger partial charge in [-0.05, 0) is 31.0 Å². The van der Waals surface area contributed by atoms with E-state index in [1.54, 1.807) is 18.2 Å². The highest BCUT2D eigenvalue weighted by Crippen LogP contribution is 2.35. The molecule has 0 N–H and O–H groups in total. The minimum absolute atomic E-state index is 0.140. The van der Waals surface area contributed by atoms with Gasteiger partial charge in [0.1, 0.15) is 5.82 Å². The van der Waals surface area contributed by atoms with Gasteiger partial charge >= 0.3 is 0 Å². The summed E-state index contributed by atoms with van der Waals surface area (Å²) in [5, 5.41) is 0. The van der Waals surface area contributed by atoms with Gasteiger partial charge < -0.3 is 0 Å². The smallest absolute Gasteiger partial charge is 0.239 e. The number of nitrogens with zero attached hydrogens (tertiary/aromatic N) is 1. The van der Waals surface area contributed by atoms with E-state index in [0.29, 0.717) is 12.1 Å². The van der Waals surface area contributed by atoms with Crippen molar-refractivity contribution in [1.29, 1.82) is 0 Å². The molecule has 0 aliphatic carbocycles. The fourth-order valence-electron chi connectivity index (χ4n) is 2.84. The van der Waals surface area contributed by atoms with Crippen LogP contribution in [0.25, 0.3) is 0 Å². The van der Waals surface area contributed by atoms with E-state index in [9.17, 15) is 12.8 Å². The first kappa shape index (κ1) is 14.1. The molecule has 3 rings (SSSR count). The van der Waals surface area contributed by atoms with Crippen LogP contribution >= 0.6 is 0 Å². The first-order valence-corrected chi connectivity index (χ1v) is 8.43. The number of hydrogen-bond donors (Lipinski definition) is 0. The van der Waals surface area contributed by atoms with Gasteiger partial charge in [0, 0.05) is 11.6 Å². The number of hydrogen-bond acceptors (Lipinski definition) is 2. The molecule has 5 heteroatoms. The van der Waals surface area contributed by atoms with Gasteiger partial charge in [-0.3, -0.25) is 4.31 Å². The summed E-state index contributed by atoms with van der Waals surface area (Å²) < 4.78 is 40.5. The molecule has 3 nitrogen and oxygen atoms in total. The van der Waals surface area contributed by atoms with Crippen molar-refractivity contribution in [3.63, 3.8) is 0 Å². The van der Waals surface area contributed by atoms with Gasteiger partial charge in [-0.2, -0.15) is 0 Å². The third-order valence-electron chi connectivity index (χ3n) is 3.74. The van der Waals surface area contributed by atoms with Crippen molar-refractivity contribution in [1.82, 2.24) is 0 Å². The number of rotatable bonds is 3. The largest absolute Gasteiger partial charge is 0.267 e. The van der Waals surface area contributed by atoms with E-state index in [-0.39, 0.29) is 17.4 Å². The summed E-state index contributed by atoms with van der Waals surface area (Å²) in [4.78, 5) is 0. The minimum atomic E-state index is -3.60. The zero-order chi connectivity index (χ0) is 15.0. The second-order valence-electron chi connectivity index (χ2n) is 5.33. The number of anilines is 1. The van der Waals surface area contributed by atoms with Crippen LogP contribution in [-0.2, 0) is 22.2 Å². The lowest BCUT2D eigenvalue weighted by Crippen LogP contribution is -2.36. The van der Waals surface area contributed by atoms with E-state index in [4.69, 9.17) is 0 Å². The van der Waals surface area contributed by atoms with Crippen LogP contribution < -0.4 is 4.31 Å². The molecule has 21 heavy (non-hydrogen) atoms. The maximum absolute atomic E-state index is 13.7. The van der Waals surface area contributed by atoms with Crippen molar-refractivity contribution in [2.24, 2.45) is 0 Å². The number of halogens is 1. The average Bonchev–Trinajstić information content (AvgIpc) is 2.77. The highest BCUT2D eigenvalue weighted by Gasteiger charge is 2.35. The normalized spacial score (nSPS) is 17.8. The van der Waals surface area contributed by atoms with Crippen LogP contribution in [0.1, 0.15) is 18.1 Å². The molecule has 0 fully saturated rings. The summed E-state index contributed by atoms with van der Waals surface area (Å²) in [6, 6.07) is 13.3. The molecule has 0 saturated carbocycles. The van der Waals surface area contributed by atoms with Crippen LogP contribution in [0.15, 0.2) is 48.5 Å². The van der Waals surface area contributed by atoms with E-state index in [2.05, 4.69) is 0 Å². The summed E-state index contributed by atoms with van der Waals surface area (Å²) in [5.41, 5.74) is 1.93. The Bertz CT molecular complexity index is 773. The molecule has 0 radical (unpaired) electrons. The summed E-state index contributed by atoms with van der Waals surface area (Å²) in [6.07, 6.45) is 0.687. The van der Waals surface area contributed by atoms with Gasteiger partial charge in [-0.1, -0.05) is 36.4 Å². The van der Waals surface area contributed by atoms with Crippen molar-refractivity contribution >= 4 is 15.7 Å². The fraction of sp³-hybridized carbons (Fsp3) is 0.250. The van der Waals surface area contributed by atoms with E-state index >= 15 is 0 Å². The Hall–Kier alpha value is -1.88. The molecular weight excluding hydrogens is 289 g/mol. The van der Waals surface area contributed by atoms with Crippen molar-refractivity contribution in [2.45, 2.75) is 25.1 Å². The molecule has 0 amide bonds. The maximum Gasteiger partial charge on any atom is 0.239 e. The van der Waals surface area contributed by atoms with Gasteiger partial charge in [0.25, 0.3) is 0 Å². The molecule has 0 bridgehead atoms. The Morgan fingerprint density at radius 2 is 1.81 bits per heavy atom. The van der Waals surface area contributed by atoms with Crippen molar-refractivity contribution in [3.8, 4) is 0 Å². The molecule has 110 valence electrons. The lowest BCUT2D eigenvalue weighted by Gasteiger charge is -2.24. The summed E-state index contributed by atoms with van der Waals surface area (Å²) in [5.74, 6) is -0.806. The van der Waals surface area contributed by atoms with Gasteiger partial charge in [0.15, 0.2) is 0 Å². The van der Waals surface area contributed by atoms with Crippen molar-refractivity contribution in [2.75, 3.05) is 4.31 Å². The lowest BCUT2D eigenvalue weighted by molar-refractivity contribution is 0.577. The standard InChI is InChI=1S/C16H16FNO2S/c1-12-10-13-6-3-5-9-16(13)18(12)21(19,20)11-14-7-2-4-8-15(14)17/h2-9,12H,10-11H2,1H3/t12-/m1/s1. The fourth-order valence-corrected chi connectivity index (χ4v) is 4.71. The quantitative estimate of drug-likeness (QED) is 0.874. The van der Waals surface area contributed by atoms with E-state index < -0.39 is 15.8 Å². The van der Waals surface area contributed by atoms with Crippen molar-refractivity contribution in [3.05, 3.63) is 65.5 Å². The maximum atomic E-state index is 13.7. The number of sulfonamides is 1.